The highest BCUT2D eigenvalue weighted by Crippen LogP contribution is 2.17. The molecule has 0 unspecified atom stereocenters. The quantitative estimate of drug-likeness (QED) is 0.349. The number of carbonyl (C=O) groups is 1. The van der Waals surface area contributed by atoms with Crippen molar-refractivity contribution in [3.8, 4) is 0 Å². The average molecular weight is 484 g/mol. The SMILES string of the molecule is CCCCn1c(N)c(N(C)CC(=O)c2c(N)n(Cc3ccccc3)c(=O)n(C)c2=O)c(=O)[nH]c1=O. The summed E-state index contributed by atoms with van der Waals surface area (Å²) in [5, 5.41) is 0. The molecule has 0 saturated heterocycles. The lowest BCUT2D eigenvalue weighted by Gasteiger charge is -2.22. The second-order valence-electron chi connectivity index (χ2n) is 8.26. The van der Waals surface area contributed by atoms with Gasteiger partial charge >= 0.3 is 11.4 Å². The average Bonchev–Trinajstić information content (AvgIpc) is 2.81. The van der Waals surface area contributed by atoms with Gasteiger partial charge in [0.2, 0.25) is 0 Å². The largest absolute Gasteiger partial charge is 0.384 e. The molecule has 12 nitrogen and oxygen atoms in total. The number of nitrogens with two attached hydrogens (primary N) is 2. The predicted octanol–water partition coefficient (Wildman–Crippen LogP) is -0.271. The number of likely N-dealkylation sites (N-methyl/N-ethyl adjacent to an activating group) is 1. The molecule has 1 aromatic carbocycles. The van der Waals surface area contributed by atoms with Crippen LogP contribution in [0.3, 0.4) is 0 Å². The van der Waals surface area contributed by atoms with Crippen LogP contribution in [-0.4, -0.2) is 38.1 Å². The van der Waals surface area contributed by atoms with Gasteiger partial charge in [0.25, 0.3) is 11.1 Å². The Hall–Kier alpha value is -4.35. The summed E-state index contributed by atoms with van der Waals surface area (Å²) in [6.07, 6.45) is 1.46. The summed E-state index contributed by atoms with van der Waals surface area (Å²) in [6, 6.07) is 8.98. The molecule has 35 heavy (non-hydrogen) atoms. The first kappa shape index (κ1) is 25.3. The van der Waals surface area contributed by atoms with Crippen molar-refractivity contribution in [2.24, 2.45) is 7.05 Å². The maximum atomic E-state index is 13.2. The number of Topliss-reactive ketones (excluding diaryl/α,β-unsaturated/α-hetero) is 1. The van der Waals surface area contributed by atoms with Gasteiger partial charge in [-0.15, -0.1) is 0 Å². The van der Waals surface area contributed by atoms with Gasteiger partial charge < -0.3 is 16.4 Å². The van der Waals surface area contributed by atoms with Gasteiger partial charge in [-0.25, -0.2) is 9.59 Å². The molecular weight excluding hydrogens is 454 g/mol. The number of nitrogen functional groups attached to an aromatic ring is 2. The Labute approximate surface area is 200 Å². The van der Waals surface area contributed by atoms with Gasteiger partial charge in [0, 0.05) is 20.6 Å². The zero-order valence-corrected chi connectivity index (χ0v) is 19.9. The molecule has 2 aromatic heterocycles. The van der Waals surface area contributed by atoms with Crippen LogP contribution in [0.5, 0.6) is 0 Å². The number of nitrogens with one attached hydrogen (secondary N) is 1. The lowest BCUT2D eigenvalue weighted by atomic mass is 10.1. The van der Waals surface area contributed by atoms with Crippen LogP contribution in [0.1, 0.15) is 35.7 Å². The van der Waals surface area contributed by atoms with Gasteiger partial charge in [0.15, 0.2) is 5.78 Å². The van der Waals surface area contributed by atoms with E-state index in [9.17, 15) is 24.0 Å². The Bertz CT molecular complexity index is 1480. The first-order valence-electron chi connectivity index (χ1n) is 11.1. The molecule has 5 N–H and O–H groups in total. The molecule has 0 aliphatic heterocycles. The number of aromatic amines is 1. The standard InChI is InChI=1S/C23H29N7O5/c1-4-5-11-29-19(25)17(20(32)26-22(29)34)27(2)13-15(31)16-18(24)30(23(35)28(3)21(16)33)12-14-9-7-6-8-10-14/h6-10H,4-5,11-13,24-25H2,1-3H3,(H,26,32,34). The van der Waals surface area contributed by atoms with Crippen LogP contribution in [0.2, 0.25) is 0 Å². The minimum atomic E-state index is -0.843. The fraction of sp³-hybridized carbons (Fsp3) is 0.348. The van der Waals surface area contributed by atoms with E-state index in [4.69, 9.17) is 11.5 Å². The number of carbonyl (C=O) groups excluding carboxylic acids is 1. The van der Waals surface area contributed by atoms with Gasteiger partial charge in [-0.05, 0) is 12.0 Å². The summed E-state index contributed by atoms with van der Waals surface area (Å²) in [7, 11) is 2.70. The maximum Gasteiger partial charge on any atom is 0.332 e. The van der Waals surface area contributed by atoms with Crippen LogP contribution in [0.25, 0.3) is 0 Å². The molecule has 0 amide bonds. The van der Waals surface area contributed by atoms with E-state index in [1.165, 1.54) is 23.6 Å². The minimum Gasteiger partial charge on any atom is -0.384 e. The number of aromatic nitrogens is 4. The highest BCUT2D eigenvalue weighted by atomic mass is 16.2. The monoisotopic (exact) mass is 483 g/mol. The molecule has 0 bridgehead atoms. The Kier molecular flexibility index (Phi) is 7.43. The zero-order chi connectivity index (χ0) is 25.9. The van der Waals surface area contributed by atoms with Crippen LogP contribution < -0.4 is 38.9 Å². The molecular formula is C23H29N7O5. The van der Waals surface area contributed by atoms with E-state index in [1.54, 1.807) is 24.3 Å². The molecule has 0 aliphatic rings. The van der Waals surface area contributed by atoms with Crippen molar-refractivity contribution < 1.29 is 4.79 Å². The fourth-order valence-corrected chi connectivity index (χ4v) is 3.82. The van der Waals surface area contributed by atoms with Crippen LogP contribution in [0.4, 0.5) is 17.3 Å². The Balaban J connectivity index is 2.02. The highest BCUT2D eigenvalue weighted by Gasteiger charge is 2.25. The van der Waals surface area contributed by atoms with Gasteiger partial charge in [0.05, 0.1) is 13.1 Å². The molecule has 0 saturated carbocycles. The third kappa shape index (κ3) is 4.95. The molecule has 186 valence electrons. The molecule has 0 radical (unpaired) electrons. The van der Waals surface area contributed by atoms with Crippen molar-refractivity contribution in [3.05, 3.63) is 83.1 Å². The summed E-state index contributed by atoms with van der Waals surface area (Å²) < 4.78 is 3.20. The first-order valence-corrected chi connectivity index (χ1v) is 11.1. The third-order valence-corrected chi connectivity index (χ3v) is 5.76. The number of unbranched alkanes of at least 4 members (excludes halogenated alkanes) is 1. The van der Waals surface area contributed by atoms with Crippen molar-refractivity contribution >= 4 is 23.1 Å². The molecule has 3 rings (SSSR count). The number of hydrogen-bond acceptors (Lipinski definition) is 8. The minimum absolute atomic E-state index is 0.0603. The smallest absolute Gasteiger partial charge is 0.332 e. The number of H-pyrrole nitrogens is 1. The normalized spacial score (nSPS) is 10.9. The first-order chi connectivity index (χ1) is 16.6. The molecule has 0 atom stereocenters. The van der Waals surface area contributed by atoms with Crippen molar-refractivity contribution in [1.29, 1.82) is 0 Å². The van der Waals surface area contributed by atoms with Crippen molar-refractivity contribution in [1.82, 2.24) is 18.7 Å². The van der Waals surface area contributed by atoms with E-state index in [1.807, 2.05) is 13.0 Å². The van der Waals surface area contributed by atoms with Gasteiger partial charge in [-0.2, -0.15) is 0 Å². The van der Waals surface area contributed by atoms with E-state index in [2.05, 4.69) is 4.98 Å². The second-order valence-corrected chi connectivity index (χ2v) is 8.26. The number of hydrogen-bond donors (Lipinski definition) is 3. The van der Waals surface area contributed by atoms with Crippen molar-refractivity contribution in [2.45, 2.75) is 32.9 Å². The lowest BCUT2D eigenvalue weighted by Crippen LogP contribution is -2.44. The Morgan fingerprint density at radius 1 is 1.03 bits per heavy atom. The zero-order valence-electron chi connectivity index (χ0n) is 19.9. The van der Waals surface area contributed by atoms with Gasteiger partial charge in [-0.3, -0.25) is 33.1 Å². The summed E-state index contributed by atoms with van der Waals surface area (Å²) in [5.74, 6) is -1.06. The van der Waals surface area contributed by atoms with E-state index < -0.39 is 34.8 Å². The molecule has 0 fully saturated rings. The van der Waals surface area contributed by atoms with E-state index >= 15 is 0 Å². The van der Waals surface area contributed by atoms with E-state index in [0.29, 0.717) is 13.0 Å². The Morgan fingerprint density at radius 3 is 2.31 bits per heavy atom. The number of rotatable bonds is 9. The predicted molar refractivity (Wildman–Crippen MR) is 134 cm³/mol. The molecule has 0 spiro atoms. The lowest BCUT2D eigenvalue weighted by molar-refractivity contribution is 0.0998. The van der Waals surface area contributed by atoms with Crippen LogP contribution in [-0.2, 0) is 20.1 Å². The second kappa shape index (κ2) is 10.3. The topological polar surface area (TPSA) is 171 Å². The molecule has 0 aliphatic carbocycles. The van der Waals surface area contributed by atoms with E-state index in [-0.39, 0.29) is 29.4 Å². The van der Waals surface area contributed by atoms with E-state index in [0.717, 1.165) is 21.1 Å². The highest BCUT2D eigenvalue weighted by molar-refractivity contribution is 6.02. The third-order valence-electron chi connectivity index (χ3n) is 5.76. The van der Waals surface area contributed by atoms with Gasteiger partial charge in [-0.1, -0.05) is 43.7 Å². The summed E-state index contributed by atoms with van der Waals surface area (Å²) >= 11 is 0. The van der Waals surface area contributed by atoms with Crippen LogP contribution in [0.15, 0.2) is 49.5 Å². The summed E-state index contributed by atoms with van der Waals surface area (Å²) in [5.41, 5.74) is 9.65. The fourth-order valence-electron chi connectivity index (χ4n) is 3.82. The maximum absolute atomic E-state index is 13.2. The number of anilines is 3. The number of benzene rings is 1. The molecule has 2 heterocycles. The van der Waals surface area contributed by atoms with Crippen molar-refractivity contribution in [2.75, 3.05) is 30.0 Å². The van der Waals surface area contributed by atoms with Crippen LogP contribution in [0, 0.1) is 0 Å². The number of nitrogens with zero attached hydrogens (tertiary/aromatic N) is 4. The number of ketones is 1. The van der Waals surface area contributed by atoms with Crippen LogP contribution >= 0.6 is 0 Å². The Morgan fingerprint density at radius 2 is 1.69 bits per heavy atom. The van der Waals surface area contributed by atoms with Crippen molar-refractivity contribution in [3.63, 3.8) is 0 Å². The molecule has 12 heteroatoms. The summed E-state index contributed by atoms with van der Waals surface area (Å²) in [4.78, 5) is 66.9. The summed E-state index contributed by atoms with van der Waals surface area (Å²) in [6.45, 7) is 1.86. The van der Waals surface area contributed by atoms with Gasteiger partial charge in [0.1, 0.15) is 22.9 Å². The molecule has 3 aromatic rings.